The van der Waals surface area contributed by atoms with Crippen molar-refractivity contribution in [3.8, 4) is 0 Å². The molecule has 3 rings (SSSR count). The molecule has 0 atom stereocenters. The zero-order valence-electron chi connectivity index (χ0n) is 17.6. The van der Waals surface area contributed by atoms with Gasteiger partial charge in [-0.2, -0.15) is 0 Å². The number of amides is 1. The number of carbonyl (C=O) groups is 1. The Hall–Kier alpha value is -2.06. The minimum Gasteiger partial charge on any atom is -0.387 e. The second-order valence-electron chi connectivity index (χ2n) is 8.22. The van der Waals surface area contributed by atoms with Crippen molar-refractivity contribution in [3.05, 3.63) is 52.3 Å². The van der Waals surface area contributed by atoms with Crippen molar-refractivity contribution >= 4 is 59.6 Å². The highest BCUT2D eigenvalue weighted by Gasteiger charge is 2.19. The predicted octanol–water partition coefficient (Wildman–Crippen LogP) is 5.95. The van der Waals surface area contributed by atoms with Crippen LogP contribution in [0, 0.1) is 0 Å². The molecule has 1 amide bonds. The minimum absolute atomic E-state index is 0.345. The summed E-state index contributed by atoms with van der Waals surface area (Å²) in [7, 11) is 0.642. The fourth-order valence-electron chi connectivity index (χ4n) is 3.02. The number of hydrogen-bond acceptors (Lipinski definition) is 4. The first kappa shape index (κ1) is 22.6. The van der Waals surface area contributed by atoms with Crippen LogP contribution in [0.4, 0.5) is 11.4 Å². The normalized spacial score (nSPS) is 11.7. The molecule has 160 valence electrons. The number of carbonyl (C=O) groups excluding carboxylic acids is 1. The van der Waals surface area contributed by atoms with Gasteiger partial charge in [0.25, 0.3) is 5.91 Å². The van der Waals surface area contributed by atoms with Crippen LogP contribution < -0.4 is 10.6 Å². The fourth-order valence-corrected chi connectivity index (χ4v) is 4.27. The van der Waals surface area contributed by atoms with Crippen LogP contribution in [0.25, 0.3) is 11.0 Å². The Balaban J connectivity index is 1.82. The molecule has 2 heterocycles. The van der Waals surface area contributed by atoms with Crippen molar-refractivity contribution in [2.45, 2.75) is 32.4 Å². The predicted molar refractivity (Wildman–Crippen MR) is 128 cm³/mol. The van der Waals surface area contributed by atoms with Crippen LogP contribution in [-0.2, 0) is 11.5 Å². The molecule has 0 aliphatic rings. The van der Waals surface area contributed by atoms with E-state index in [0.29, 0.717) is 33.7 Å². The molecule has 0 bridgehead atoms. The van der Waals surface area contributed by atoms with Gasteiger partial charge in [0.1, 0.15) is 12.4 Å². The Morgan fingerprint density at radius 2 is 1.87 bits per heavy atom. The molecular formula is C21H26Cl2N4O2Si. The monoisotopic (exact) mass is 464 g/mol. The highest BCUT2D eigenvalue weighted by atomic mass is 35.5. The molecule has 0 saturated heterocycles. The van der Waals surface area contributed by atoms with Gasteiger partial charge in [0.15, 0.2) is 0 Å². The van der Waals surface area contributed by atoms with Gasteiger partial charge >= 0.3 is 0 Å². The first-order chi connectivity index (χ1) is 14.2. The van der Waals surface area contributed by atoms with Crippen molar-refractivity contribution in [2.75, 3.05) is 24.3 Å². The van der Waals surface area contributed by atoms with E-state index in [1.54, 1.807) is 31.4 Å². The topological polar surface area (TPSA) is 68.2 Å². The number of fused-ring (bicyclic) bond motifs is 1. The highest BCUT2D eigenvalue weighted by Crippen LogP contribution is 2.32. The molecule has 0 unspecified atom stereocenters. The molecule has 0 saturated carbocycles. The number of pyridine rings is 1. The lowest BCUT2D eigenvalue weighted by atomic mass is 10.1. The van der Waals surface area contributed by atoms with Gasteiger partial charge in [0, 0.05) is 39.5 Å². The average Bonchev–Trinajstić information content (AvgIpc) is 3.09. The number of hydrogen-bond donors (Lipinski definition) is 2. The molecule has 0 aliphatic carbocycles. The summed E-state index contributed by atoms with van der Waals surface area (Å²) in [4.78, 5) is 17.4. The molecule has 2 N–H and O–H groups in total. The van der Waals surface area contributed by atoms with Crippen LogP contribution in [0.5, 0.6) is 0 Å². The van der Waals surface area contributed by atoms with E-state index in [0.717, 1.165) is 23.7 Å². The number of benzene rings is 1. The summed E-state index contributed by atoms with van der Waals surface area (Å²) in [5.41, 5.74) is 2.21. The Kier molecular flexibility index (Phi) is 7.08. The number of rotatable bonds is 8. The molecule has 0 fully saturated rings. The number of ether oxygens (including phenoxy) is 1. The third-order valence-electron chi connectivity index (χ3n) is 4.71. The number of aromatic nitrogens is 2. The van der Waals surface area contributed by atoms with E-state index < -0.39 is 8.07 Å². The second-order valence-corrected chi connectivity index (χ2v) is 14.7. The summed E-state index contributed by atoms with van der Waals surface area (Å²) in [6.45, 7) is 8.12. The summed E-state index contributed by atoms with van der Waals surface area (Å²) in [5.74, 6) is -0.345. The van der Waals surface area contributed by atoms with Crippen molar-refractivity contribution < 1.29 is 9.53 Å². The summed E-state index contributed by atoms with van der Waals surface area (Å²) < 4.78 is 7.78. The smallest absolute Gasteiger partial charge is 0.259 e. The Morgan fingerprint density at radius 3 is 2.50 bits per heavy atom. The van der Waals surface area contributed by atoms with Gasteiger partial charge < -0.3 is 19.9 Å². The van der Waals surface area contributed by atoms with E-state index in [4.69, 9.17) is 27.9 Å². The lowest BCUT2D eigenvalue weighted by Crippen LogP contribution is -2.22. The molecule has 0 radical (unpaired) electrons. The number of halogens is 2. The van der Waals surface area contributed by atoms with Crippen molar-refractivity contribution in [2.24, 2.45) is 0 Å². The molecular weight excluding hydrogens is 439 g/mol. The Labute approximate surface area is 187 Å². The Bertz CT molecular complexity index is 1040. The number of nitrogens with zero attached hydrogens (tertiary/aromatic N) is 2. The average molecular weight is 465 g/mol. The number of para-hydroxylation sites is 1. The first-order valence-corrected chi connectivity index (χ1v) is 14.2. The molecule has 1 aromatic carbocycles. The van der Waals surface area contributed by atoms with E-state index >= 15 is 0 Å². The highest BCUT2D eigenvalue weighted by molar-refractivity contribution is 6.76. The SMILES string of the molecule is CNc1c(C(=O)Nc2c(Cl)cccc2Cl)cnc2c1ccn2COCC[Si](C)(C)C. The molecule has 2 aromatic heterocycles. The van der Waals surface area contributed by atoms with Crippen LogP contribution in [0.1, 0.15) is 10.4 Å². The van der Waals surface area contributed by atoms with Gasteiger partial charge in [-0.3, -0.25) is 4.79 Å². The summed E-state index contributed by atoms with van der Waals surface area (Å²) in [6, 6.07) is 8.10. The summed E-state index contributed by atoms with van der Waals surface area (Å²) in [5, 5.41) is 7.49. The summed E-state index contributed by atoms with van der Waals surface area (Å²) >= 11 is 12.4. The number of nitrogens with one attached hydrogen (secondary N) is 2. The van der Waals surface area contributed by atoms with Crippen LogP contribution >= 0.6 is 23.2 Å². The number of anilines is 2. The standard InChI is InChI=1S/C21H26Cl2N4O2Si/c1-24-18-14-8-9-27(13-29-10-11-30(2,3)4)20(14)25-12-15(18)21(28)26-19-16(22)6-5-7-17(19)23/h5-9,12H,10-11,13H2,1-4H3,(H,24,25)(H,26,28). The molecule has 30 heavy (non-hydrogen) atoms. The van der Waals surface area contributed by atoms with E-state index in [1.807, 2.05) is 16.8 Å². The van der Waals surface area contributed by atoms with Crippen LogP contribution in [0.15, 0.2) is 36.7 Å². The van der Waals surface area contributed by atoms with Gasteiger partial charge in [0.05, 0.1) is 27.0 Å². The van der Waals surface area contributed by atoms with Gasteiger partial charge in [-0.25, -0.2) is 4.98 Å². The maximum atomic E-state index is 12.9. The maximum Gasteiger partial charge on any atom is 0.259 e. The van der Waals surface area contributed by atoms with Crippen LogP contribution in [0.3, 0.4) is 0 Å². The molecule has 0 spiro atoms. The molecule has 9 heteroatoms. The second kappa shape index (κ2) is 9.39. The van der Waals surface area contributed by atoms with E-state index in [9.17, 15) is 4.79 Å². The third kappa shape index (κ3) is 5.15. The zero-order valence-corrected chi connectivity index (χ0v) is 20.1. The van der Waals surface area contributed by atoms with Gasteiger partial charge in [-0.1, -0.05) is 48.9 Å². The third-order valence-corrected chi connectivity index (χ3v) is 7.05. The quantitative estimate of drug-likeness (QED) is 0.319. The first-order valence-electron chi connectivity index (χ1n) is 9.70. The van der Waals surface area contributed by atoms with Gasteiger partial charge in [-0.05, 0) is 24.2 Å². The lowest BCUT2D eigenvalue weighted by Gasteiger charge is -2.16. The molecule has 0 aliphatic heterocycles. The van der Waals surface area contributed by atoms with E-state index in [-0.39, 0.29) is 5.91 Å². The van der Waals surface area contributed by atoms with E-state index in [1.165, 1.54) is 0 Å². The molecule has 6 nitrogen and oxygen atoms in total. The van der Waals surface area contributed by atoms with Crippen molar-refractivity contribution in [1.82, 2.24) is 9.55 Å². The summed E-state index contributed by atoms with van der Waals surface area (Å²) in [6.07, 6.45) is 3.46. The lowest BCUT2D eigenvalue weighted by molar-refractivity contribution is 0.0899. The van der Waals surface area contributed by atoms with Crippen molar-refractivity contribution in [1.29, 1.82) is 0 Å². The van der Waals surface area contributed by atoms with Gasteiger partial charge in [-0.15, -0.1) is 0 Å². The van der Waals surface area contributed by atoms with Crippen LogP contribution in [0.2, 0.25) is 35.7 Å². The largest absolute Gasteiger partial charge is 0.387 e. The van der Waals surface area contributed by atoms with Gasteiger partial charge in [0.2, 0.25) is 0 Å². The zero-order chi connectivity index (χ0) is 21.9. The fraction of sp³-hybridized carbons (Fsp3) is 0.333. The van der Waals surface area contributed by atoms with E-state index in [2.05, 4.69) is 35.3 Å². The Morgan fingerprint density at radius 1 is 1.17 bits per heavy atom. The van der Waals surface area contributed by atoms with Crippen molar-refractivity contribution in [3.63, 3.8) is 0 Å². The van der Waals surface area contributed by atoms with Crippen LogP contribution in [-0.4, -0.2) is 37.2 Å². The molecule has 3 aromatic rings. The maximum absolute atomic E-state index is 12.9. The minimum atomic E-state index is -1.13.